The molecule has 50 heavy (non-hydrogen) atoms. The lowest BCUT2D eigenvalue weighted by atomic mass is 9.98. The van der Waals surface area contributed by atoms with Gasteiger partial charge in [0.1, 0.15) is 11.2 Å². The van der Waals surface area contributed by atoms with E-state index in [1.54, 1.807) is 0 Å². The normalized spacial score (nSPS) is 12.0. The van der Waals surface area contributed by atoms with Gasteiger partial charge < -0.3 is 8.98 Å². The number of hydrogen-bond donors (Lipinski definition) is 0. The minimum absolute atomic E-state index is 0.849. The highest BCUT2D eigenvalue weighted by molar-refractivity contribution is 6.29. The molecule has 0 N–H and O–H groups in total. The van der Waals surface area contributed by atoms with Gasteiger partial charge in [0, 0.05) is 38.1 Å². The molecule has 11 rings (SSSR count). The van der Waals surface area contributed by atoms with Gasteiger partial charge in [-0.1, -0.05) is 115 Å². The highest BCUT2D eigenvalue weighted by atomic mass is 16.3. The van der Waals surface area contributed by atoms with Crippen LogP contribution in [0.4, 0.5) is 0 Å². The van der Waals surface area contributed by atoms with Gasteiger partial charge >= 0.3 is 0 Å². The third-order valence-corrected chi connectivity index (χ3v) is 10.1. The smallest absolute Gasteiger partial charge is 0.143 e. The Morgan fingerprint density at radius 2 is 1.10 bits per heavy atom. The van der Waals surface area contributed by atoms with E-state index in [1.807, 2.05) is 36.4 Å². The molecule has 0 amide bonds. The summed E-state index contributed by atoms with van der Waals surface area (Å²) in [6.07, 6.45) is 0. The molecule has 0 atom stereocenters. The van der Waals surface area contributed by atoms with Crippen LogP contribution in [0.1, 0.15) is 0 Å². The van der Waals surface area contributed by atoms with Crippen LogP contribution in [-0.4, -0.2) is 14.5 Å². The molecule has 0 bridgehead atoms. The van der Waals surface area contributed by atoms with Crippen LogP contribution in [0.25, 0.3) is 105 Å². The summed E-state index contributed by atoms with van der Waals surface area (Å²) in [5.41, 5.74) is 10.6. The second-order valence-corrected chi connectivity index (χ2v) is 12.9. The van der Waals surface area contributed by atoms with Gasteiger partial charge in [0.05, 0.1) is 39.1 Å². The van der Waals surface area contributed by atoms with Crippen LogP contribution >= 0.6 is 0 Å². The molecule has 4 heteroatoms. The predicted octanol–water partition coefficient (Wildman–Crippen LogP) is 12.3. The fourth-order valence-electron chi connectivity index (χ4n) is 7.90. The number of fused-ring (bicyclic) bond motifs is 11. The molecule has 0 radical (unpaired) electrons. The summed E-state index contributed by atoms with van der Waals surface area (Å²) in [5.74, 6) is 0. The average Bonchev–Trinajstić information content (AvgIpc) is 3.73. The molecule has 0 saturated carbocycles. The minimum Gasteiger partial charge on any atom is -0.455 e. The van der Waals surface area contributed by atoms with Crippen molar-refractivity contribution in [3.63, 3.8) is 0 Å². The largest absolute Gasteiger partial charge is 0.455 e. The van der Waals surface area contributed by atoms with Crippen LogP contribution in [0.15, 0.2) is 168 Å². The van der Waals surface area contributed by atoms with Crippen molar-refractivity contribution < 1.29 is 4.42 Å². The zero-order chi connectivity index (χ0) is 32.8. The Bertz CT molecular complexity index is 3150. The third-order valence-electron chi connectivity index (χ3n) is 10.1. The molecule has 232 valence electrons. The van der Waals surface area contributed by atoms with E-state index in [2.05, 4.69) is 132 Å². The van der Waals surface area contributed by atoms with Crippen molar-refractivity contribution in [3.05, 3.63) is 164 Å². The zero-order valence-electron chi connectivity index (χ0n) is 26.8. The van der Waals surface area contributed by atoms with E-state index in [9.17, 15) is 0 Å². The van der Waals surface area contributed by atoms with Crippen molar-refractivity contribution in [2.75, 3.05) is 0 Å². The van der Waals surface area contributed by atoms with Crippen LogP contribution in [0.5, 0.6) is 0 Å². The van der Waals surface area contributed by atoms with Crippen LogP contribution in [0.3, 0.4) is 0 Å². The zero-order valence-corrected chi connectivity index (χ0v) is 26.8. The number of nitrogens with zero attached hydrogens (tertiary/aromatic N) is 3. The van der Waals surface area contributed by atoms with Crippen molar-refractivity contribution in [3.8, 4) is 28.2 Å². The molecule has 4 nitrogen and oxygen atoms in total. The van der Waals surface area contributed by atoms with Crippen molar-refractivity contribution in [1.82, 2.24) is 14.5 Å². The highest BCUT2D eigenvalue weighted by Crippen LogP contribution is 2.45. The topological polar surface area (TPSA) is 43.9 Å². The quantitative estimate of drug-likeness (QED) is 0.194. The number of furan rings is 1. The average molecular weight is 638 g/mol. The van der Waals surface area contributed by atoms with E-state index in [0.717, 1.165) is 93.8 Å². The lowest BCUT2D eigenvalue weighted by Gasteiger charge is -2.18. The van der Waals surface area contributed by atoms with Gasteiger partial charge in [0.25, 0.3) is 0 Å². The molecule has 0 saturated heterocycles. The van der Waals surface area contributed by atoms with Gasteiger partial charge in [0.15, 0.2) is 0 Å². The summed E-state index contributed by atoms with van der Waals surface area (Å²) >= 11 is 0. The van der Waals surface area contributed by atoms with Crippen molar-refractivity contribution in [2.24, 2.45) is 0 Å². The van der Waals surface area contributed by atoms with Crippen molar-refractivity contribution in [1.29, 1.82) is 0 Å². The van der Waals surface area contributed by atoms with Crippen LogP contribution in [0.2, 0.25) is 0 Å². The first-order chi connectivity index (χ1) is 24.8. The maximum Gasteiger partial charge on any atom is 0.143 e. The fraction of sp³-hybridized carbons (Fsp3) is 0. The summed E-state index contributed by atoms with van der Waals surface area (Å²) in [4.78, 5) is 10.6. The third kappa shape index (κ3) is 3.87. The standard InChI is InChI=1S/C46H27N3O/c1-2-12-29(13-3-1)44-45(48-37-19-9-8-18-36(37)47-44)35-26-30-14-4-5-15-31(30)27-40(35)49-38-20-10-6-17-34(38)43-39(49)25-23-28-22-24-33-32-16-7-11-21-41(32)50-46(33)42(28)43/h1-27H. The van der Waals surface area contributed by atoms with E-state index in [-0.39, 0.29) is 0 Å². The molecular weight excluding hydrogens is 611 g/mol. The van der Waals surface area contributed by atoms with Crippen molar-refractivity contribution in [2.45, 2.75) is 0 Å². The van der Waals surface area contributed by atoms with Crippen LogP contribution in [-0.2, 0) is 0 Å². The fourth-order valence-corrected chi connectivity index (χ4v) is 7.90. The molecule has 11 aromatic rings. The van der Waals surface area contributed by atoms with Crippen LogP contribution < -0.4 is 0 Å². The minimum atomic E-state index is 0.849. The first kappa shape index (κ1) is 27.2. The van der Waals surface area contributed by atoms with Gasteiger partial charge in [-0.3, -0.25) is 0 Å². The SMILES string of the molecule is c1ccc(-c2nc3ccccc3nc2-c2cc3ccccc3cc2-n2c3ccccc3c3c4c(ccc5c6ccccc6oc54)ccc32)cc1. The summed E-state index contributed by atoms with van der Waals surface area (Å²) in [6.45, 7) is 0. The number of aromatic nitrogens is 3. The van der Waals surface area contributed by atoms with Gasteiger partial charge in [0.2, 0.25) is 0 Å². The van der Waals surface area contributed by atoms with E-state index in [4.69, 9.17) is 14.4 Å². The molecule has 0 aliphatic heterocycles. The Hall–Kier alpha value is -6.78. The lowest BCUT2D eigenvalue weighted by molar-refractivity contribution is 0.673. The maximum atomic E-state index is 6.67. The summed E-state index contributed by atoms with van der Waals surface area (Å²) in [6, 6.07) is 57.7. The number of rotatable bonds is 3. The van der Waals surface area contributed by atoms with E-state index >= 15 is 0 Å². The predicted molar refractivity (Wildman–Crippen MR) is 207 cm³/mol. The van der Waals surface area contributed by atoms with Crippen molar-refractivity contribution >= 4 is 76.3 Å². The Labute approximate surface area is 286 Å². The Kier molecular flexibility index (Phi) is 5.63. The second-order valence-electron chi connectivity index (χ2n) is 12.9. The molecule has 0 spiro atoms. The Morgan fingerprint density at radius 3 is 1.94 bits per heavy atom. The molecule has 0 aliphatic rings. The number of para-hydroxylation sites is 4. The first-order valence-corrected chi connectivity index (χ1v) is 16.9. The second kappa shape index (κ2) is 10.4. The van der Waals surface area contributed by atoms with Gasteiger partial charge in [-0.05, 0) is 64.7 Å². The lowest BCUT2D eigenvalue weighted by Crippen LogP contribution is -2.02. The van der Waals surface area contributed by atoms with E-state index < -0.39 is 0 Å². The van der Waals surface area contributed by atoms with Gasteiger partial charge in [-0.25, -0.2) is 9.97 Å². The summed E-state index contributed by atoms with van der Waals surface area (Å²) in [7, 11) is 0. The Balaban J connectivity index is 1.31. The molecule has 3 heterocycles. The molecule has 0 aliphatic carbocycles. The van der Waals surface area contributed by atoms with E-state index in [0.29, 0.717) is 0 Å². The first-order valence-electron chi connectivity index (χ1n) is 16.9. The summed E-state index contributed by atoms with van der Waals surface area (Å²) < 4.78 is 9.08. The summed E-state index contributed by atoms with van der Waals surface area (Å²) in [5, 5.41) is 9.19. The van der Waals surface area contributed by atoms with Gasteiger partial charge in [-0.15, -0.1) is 0 Å². The molecule has 3 aromatic heterocycles. The maximum absolute atomic E-state index is 6.67. The number of benzene rings is 8. The van der Waals surface area contributed by atoms with Crippen LogP contribution in [0, 0.1) is 0 Å². The number of hydrogen-bond acceptors (Lipinski definition) is 3. The molecule has 0 fully saturated rings. The molecule has 0 unspecified atom stereocenters. The Morgan fingerprint density at radius 1 is 0.440 bits per heavy atom. The molecule has 8 aromatic carbocycles. The monoisotopic (exact) mass is 637 g/mol. The van der Waals surface area contributed by atoms with Gasteiger partial charge in [-0.2, -0.15) is 0 Å². The molecular formula is C46H27N3O. The highest BCUT2D eigenvalue weighted by Gasteiger charge is 2.23. The van der Waals surface area contributed by atoms with E-state index in [1.165, 1.54) is 10.8 Å².